The summed E-state index contributed by atoms with van der Waals surface area (Å²) in [5.41, 5.74) is 1.08. The highest BCUT2D eigenvalue weighted by Crippen LogP contribution is 2.28. The van der Waals surface area contributed by atoms with Gasteiger partial charge in [0.05, 0.1) is 18.1 Å². The molecule has 0 spiro atoms. The van der Waals surface area contributed by atoms with Crippen molar-refractivity contribution in [2.75, 3.05) is 18.0 Å². The number of rotatable bonds is 8. The summed E-state index contributed by atoms with van der Waals surface area (Å²) in [5.74, 6) is 1.67. The zero-order chi connectivity index (χ0) is 20.1. The summed E-state index contributed by atoms with van der Waals surface area (Å²) >= 11 is 1.42. The average molecular weight is 412 g/mol. The van der Waals surface area contributed by atoms with E-state index in [0.717, 1.165) is 48.4 Å². The minimum Gasteiger partial charge on any atom is -0.467 e. The summed E-state index contributed by atoms with van der Waals surface area (Å²) in [7, 11) is 0. The molecule has 1 aromatic carbocycles. The number of thioether (sulfide) groups is 1. The van der Waals surface area contributed by atoms with Crippen LogP contribution in [0.5, 0.6) is 0 Å². The van der Waals surface area contributed by atoms with E-state index in [1.807, 2.05) is 49.4 Å². The Hall–Kier alpha value is -2.74. The first-order valence-electron chi connectivity index (χ1n) is 9.89. The maximum Gasteiger partial charge on any atom is 0.233 e. The monoisotopic (exact) mass is 411 g/mol. The Bertz CT molecular complexity index is 920. The number of aromatic nitrogens is 3. The van der Waals surface area contributed by atoms with Crippen molar-refractivity contribution < 1.29 is 9.21 Å². The van der Waals surface area contributed by atoms with Gasteiger partial charge in [-0.3, -0.25) is 9.36 Å². The number of benzene rings is 1. The van der Waals surface area contributed by atoms with Gasteiger partial charge in [0.15, 0.2) is 5.16 Å². The summed E-state index contributed by atoms with van der Waals surface area (Å²) < 4.78 is 7.59. The normalized spacial score (nSPS) is 14.9. The molecular weight excluding hydrogens is 386 g/mol. The molecule has 3 heterocycles. The molecular formula is C21H25N5O2S. The number of amides is 1. The molecule has 1 amide bonds. The number of carbonyl (C=O) groups is 1. The number of nitrogens with one attached hydrogen (secondary N) is 1. The smallest absolute Gasteiger partial charge is 0.233 e. The van der Waals surface area contributed by atoms with Gasteiger partial charge in [0.25, 0.3) is 0 Å². The summed E-state index contributed by atoms with van der Waals surface area (Å²) in [5, 5.41) is 12.3. The van der Waals surface area contributed by atoms with E-state index in [1.54, 1.807) is 6.26 Å². The van der Waals surface area contributed by atoms with Crippen LogP contribution in [-0.2, 0) is 17.9 Å². The number of hydrogen-bond acceptors (Lipinski definition) is 6. The Balaban J connectivity index is 1.46. The van der Waals surface area contributed by atoms with Gasteiger partial charge in [-0.15, -0.1) is 10.2 Å². The van der Waals surface area contributed by atoms with E-state index in [2.05, 4.69) is 25.0 Å². The fourth-order valence-electron chi connectivity index (χ4n) is 3.36. The summed E-state index contributed by atoms with van der Waals surface area (Å²) in [6.45, 7) is 4.92. The second-order valence-corrected chi connectivity index (χ2v) is 8.41. The first-order chi connectivity index (χ1) is 14.2. The highest BCUT2D eigenvalue weighted by atomic mass is 32.2. The van der Waals surface area contributed by atoms with Crippen molar-refractivity contribution in [3.63, 3.8) is 0 Å². The van der Waals surface area contributed by atoms with E-state index < -0.39 is 0 Å². The fourth-order valence-corrected chi connectivity index (χ4v) is 4.22. The second kappa shape index (κ2) is 9.17. The van der Waals surface area contributed by atoms with Crippen LogP contribution in [0.15, 0.2) is 58.3 Å². The van der Waals surface area contributed by atoms with Gasteiger partial charge in [0, 0.05) is 19.6 Å². The molecule has 0 radical (unpaired) electrons. The SMILES string of the molecule is CC(Sc1nnc(N2CCCC2)n1Cc1ccco1)C(=O)NCc1ccccc1. The summed E-state index contributed by atoms with van der Waals surface area (Å²) in [4.78, 5) is 14.8. The van der Waals surface area contributed by atoms with Crippen LogP contribution in [0.2, 0.25) is 0 Å². The van der Waals surface area contributed by atoms with E-state index in [1.165, 1.54) is 11.8 Å². The Morgan fingerprint density at radius 1 is 1.17 bits per heavy atom. The molecule has 1 unspecified atom stereocenters. The van der Waals surface area contributed by atoms with Crippen LogP contribution in [-0.4, -0.2) is 39.0 Å². The molecule has 1 aliphatic heterocycles. The molecule has 0 bridgehead atoms. The van der Waals surface area contributed by atoms with Crippen LogP contribution >= 0.6 is 11.8 Å². The molecule has 1 saturated heterocycles. The standard InChI is InChI=1S/C21H25N5O2S/c1-16(19(27)22-14-17-8-3-2-4-9-17)29-21-24-23-20(25-11-5-6-12-25)26(21)15-18-10-7-13-28-18/h2-4,7-10,13,16H,5-6,11-12,14-15H2,1H3,(H,22,27). The lowest BCUT2D eigenvalue weighted by atomic mass is 10.2. The van der Waals surface area contributed by atoms with Gasteiger partial charge >= 0.3 is 0 Å². The minimum absolute atomic E-state index is 0.0193. The summed E-state index contributed by atoms with van der Waals surface area (Å²) in [6.07, 6.45) is 3.99. The zero-order valence-electron chi connectivity index (χ0n) is 16.5. The van der Waals surface area contributed by atoms with Gasteiger partial charge < -0.3 is 14.6 Å². The molecule has 29 heavy (non-hydrogen) atoms. The minimum atomic E-state index is -0.287. The molecule has 0 saturated carbocycles. The van der Waals surface area contributed by atoms with Gasteiger partial charge in [0.2, 0.25) is 11.9 Å². The molecule has 152 valence electrons. The molecule has 2 aromatic heterocycles. The van der Waals surface area contributed by atoms with E-state index in [9.17, 15) is 4.79 Å². The van der Waals surface area contributed by atoms with Crippen LogP contribution in [0.1, 0.15) is 31.1 Å². The maximum atomic E-state index is 12.6. The van der Waals surface area contributed by atoms with Crippen molar-refractivity contribution >= 4 is 23.6 Å². The number of hydrogen-bond donors (Lipinski definition) is 1. The van der Waals surface area contributed by atoms with Gasteiger partial charge in [-0.25, -0.2) is 0 Å². The van der Waals surface area contributed by atoms with E-state index in [-0.39, 0.29) is 11.2 Å². The van der Waals surface area contributed by atoms with Crippen molar-refractivity contribution in [2.45, 2.75) is 43.3 Å². The third kappa shape index (κ3) is 4.82. The highest BCUT2D eigenvalue weighted by molar-refractivity contribution is 8.00. The highest BCUT2D eigenvalue weighted by Gasteiger charge is 2.24. The van der Waals surface area contributed by atoms with Crippen LogP contribution in [0.25, 0.3) is 0 Å². The lowest BCUT2D eigenvalue weighted by Gasteiger charge is -2.18. The zero-order valence-corrected chi connectivity index (χ0v) is 17.3. The maximum absolute atomic E-state index is 12.6. The largest absolute Gasteiger partial charge is 0.467 e. The fraction of sp³-hybridized carbons (Fsp3) is 0.381. The lowest BCUT2D eigenvalue weighted by Crippen LogP contribution is -2.30. The predicted octanol–water partition coefficient (Wildman–Crippen LogP) is 3.32. The third-order valence-electron chi connectivity index (χ3n) is 4.94. The number of nitrogens with zero attached hydrogens (tertiary/aromatic N) is 4. The molecule has 1 fully saturated rings. The molecule has 3 aromatic rings. The Morgan fingerprint density at radius 2 is 1.97 bits per heavy atom. The van der Waals surface area contributed by atoms with Gasteiger partial charge in [0.1, 0.15) is 5.76 Å². The van der Waals surface area contributed by atoms with Crippen molar-refractivity contribution in [1.82, 2.24) is 20.1 Å². The molecule has 8 heteroatoms. The number of furan rings is 1. The van der Waals surface area contributed by atoms with Crippen molar-refractivity contribution in [2.24, 2.45) is 0 Å². The van der Waals surface area contributed by atoms with E-state index >= 15 is 0 Å². The van der Waals surface area contributed by atoms with E-state index in [0.29, 0.717) is 13.1 Å². The quantitative estimate of drug-likeness (QED) is 0.573. The van der Waals surface area contributed by atoms with Crippen molar-refractivity contribution in [3.05, 3.63) is 60.1 Å². The molecule has 1 N–H and O–H groups in total. The van der Waals surface area contributed by atoms with Crippen molar-refractivity contribution in [1.29, 1.82) is 0 Å². The molecule has 0 aliphatic carbocycles. The average Bonchev–Trinajstić information content (AvgIpc) is 3.50. The Labute approximate surface area is 174 Å². The van der Waals surface area contributed by atoms with Crippen LogP contribution in [0.4, 0.5) is 5.95 Å². The predicted molar refractivity (Wildman–Crippen MR) is 113 cm³/mol. The van der Waals surface area contributed by atoms with Gasteiger partial charge in [-0.2, -0.15) is 0 Å². The van der Waals surface area contributed by atoms with Gasteiger partial charge in [-0.1, -0.05) is 42.1 Å². The molecule has 1 atom stereocenters. The van der Waals surface area contributed by atoms with Gasteiger partial charge in [-0.05, 0) is 37.5 Å². The van der Waals surface area contributed by atoms with Crippen LogP contribution < -0.4 is 10.2 Å². The third-order valence-corrected chi connectivity index (χ3v) is 6.02. The Kier molecular flexibility index (Phi) is 6.19. The number of carbonyl (C=O) groups excluding carboxylic acids is 1. The first-order valence-corrected chi connectivity index (χ1v) is 10.8. The summed E-state index contributed by atoms with van der Waals surface area (Å²) in [6, 6.07) is 13.7. The van der Waals surface area contributed by atoms with E-state index in [4.69, 9.17) is 4.42 Å². The lowest BCUT2D eigenvalue weighted by molar-refractivity contribution is -0.120. The Morgan fingerprint density at radius 3 is 2.69 bits per heavy atom. The van der Waals surface area contributed by atoms with Crippen LogP contribution in [0.3, 0.4) is 0 Å². The van der Waals surface area contributed by atoms with Crippen molar-refractivity contribution in [3.8, 4) is 0 Å². The molecule has 7 nitrogen and oxygen atoms in total. The topological polar surface area (TPSA) is 76.2 Å². The van der Waals surface area contributed by atoms with Crippen LogP contribution in [0, 0.1) is 0 Å². The second-order valence-electron chi connectivity index (χ2n) is 7.11. The molecule has 1 aliphatic rings. The first kappa shape index (κ1) is 19.6. The number of anilines is 1. The molecule has 4 rings (SSSR count).